The molecule has 0 bridgehead atoms. The number of likely N-dealkylation sites (tertiary alicyclic amines) is 1. The molecule has 158 valence electrons. The SMILES string of the molecule is CC(=O)CN1CC[C@H](N(C)C(=O)NCCCCc2ccc3c(n2)NCCC3)C1=O. The number of unbranched alkanes of at least 4 members (excludes halogenated alkanes) is 1. The number of nitrogens with one attached hydrogen (secondary N) is 2. The van der Waals surface area contributed by atoms with E-state index >= 15 is 0 Å². The molecule has 2 aliphatic rings. The number of nitrogens with zero attached hydrogens (tertiary/aromatic N) is 3. The fraction of sp³-hybridized carbons (Fsp3) is 0.619. The summed E-state index contributed by atoms with van der Waals surface area (Å²) in [6.45, 7) is 3.65. The normalized spacial score (nSPS) is 18.2. The number of hydrogen-bond donors (Lipinski definition) is 2. The number of fused-ring (bicyclic) bond motifs is 1. The number of likely N-dealkylation sites (N-methyl/N-ethyl adjacent to an activating group) is 1. The van der Waals surface area contributed by atoms with Crippen molar-refractivity contribution in [2.75, 3.05) is 38.5 Å². The first-order valence-corrected chi connectivity index (χ1v) is 10.5. The highest BCUT2D eigenvalue weighted by atomic mass is 16.2. The number of aryl methyl sites for hydroxylation is 2. The van der Waals surface area contributed by atoms with Crippen LogP contribution in [0.15, 0.2) is 12.1 Å². The van der Waals surface area contributed by atoms with Gasteiger partial charge in [0.2, 0.25) is 5.91 Å². The largest absolute Gasteiger partial charge is 0.370 e. The summed E-state index contributed by atoms with van der Waals surface area (Å²) in [4.78, 5) is 43.6. The maximum atomic E-state index is 12.4. The van der Waals surface area contributed by atoms with Crippen molar-refractivity contribution < 1.29 is 14.4 Å². The van der Waals surface area contributed by atoms with Crippen LogP contribution in [0.3, 0.4) is 0 Å². The summed E-state index contributed by atoms with van der Waals surface area (Å²) in [6, 6.07) is 3.52. The third kappa shape index (κ3) is 5.46. The van der Waals surface area contributed by atoms with Gasteiger partial charge < -0.3 is 20.4 Å². The Morgan fingerprint density at radius 3 is 2.97 bits per heavy atom. The van der Waals surface area contributed by atoms with Crippen LogP contribution in [0.1, 0.15) is 43.9 Å². The van der Waals surface area contributed by atoms with Crippen LogP contribution in [0.25, 0.3) is 0 Å². The number of pyridine rings is 1. The van der Waals surface area contributed by atoms with Gasteiger partial charge in [0.05, 0.1) is 6.54 Å². The van der Waals surface area contributed by atoms with Gasteiger partial charge in [-0.25, -0.2) is 9.78 Å². The monoisotopic (exact) mass is 401 g/mol. The van der Waals surface area contributed by atoms with Gasteiger partial charge in [0.25, 0.3) is 0 Å². The molecule has 3 amide bonds. The second-order valence-corrected chi connectivity index (χ2v) is 7.91. The average molecular weight is 402 g/mol. The second-order valence-electron chi connectivity index (χ2n) is 7.91. The van der Waals surface area contributed by atoms with Crippen LogP contribution >= 0.6 is 0 Å². The zero-order chi connectivity index (χ0) is 20.8. The van der Waals surface area contributed by atoms with E-state index in [1.165, 1.54) is 22.3 Å². The average Bonchev–Trinajstić information content (AvgIpc) is 3.06. The highest BCUT2D eigenvalue weighted by Gasteiger charge is 2.36. The predicted molar refractivity (Wildman–Crippen MR) is 111 cm³/mol. The first-order valence-electron chi connectivity index (χ1n) is 10.5. The summed E-state index contributed by atoms with van der Waals surface area (Å²) in [5.74, 6) is 0.823. The Morgan fingerprint density at radius 2 is 2.17 bits per heavy atom. The van der Waals surface area contributed by atoms with Gasteiger partial charge in [0.1, 0.15) is 17.6 Å². The number of anilines is 1. The Labute approximate surface area is 172 Å². The van der Waals surface area contributed by atoms with Crippen molar-refractivity contribution in [2.45, 2.75) is 51.5 Å². The molecule has 0 aromatic carbocycles. The Morgan fingerprint density at radius 1 is 1.34 bits per heavy atom. The molecule has 2 aliphatic heterocycles. The molecule has 0 aliphatic carbocycles. The van der Waals surface area contributed by atoms with Crippen molar-refractivity contribution in [1.29, 1.82) is 0 Å². The molecule has 1 aromatic rings. The van der Waals surface area contributed by atoms with E-state index in [-0.39, 0.29) is 24.3 Å². The lowest BCUT2D eigenvalue weighted by atomic mass is 10.1. The molecule has 3 heterocycles. The molecule has 8 heteroatoms. The van der Waals surface area contributed by atoms with E-state index in [0.717, 1.165) is 50.2 Å². The van der Waals surface area contributed by atoms with Crippen LogP contribution in [-0.4, -0.2) is 71.8 Å². The smallest absolute Gasteiger partial charge is 0.317 e. The van der Waals surface area contributed by atoms with E-state index in [1.807, 2.05) is 0 Å². The summed E-state index contributed by atoms with van der Waals surface area (Å²) < 4.78 is 0. The van der Waals surface area contributed by atoms with Crippen molar-refractivity contribution in [3.05, 3.63) is 23.4 Å². The maximum Gasteiger partial charge on any atom is 0.317 e. The molecule has 0 saturated carbocycles. The van der Waals surface area contributed by atoms with Gasteiger partial charge >= 0.3 is 6.03 Å². The number of amides is 3. The summed E-state index contributed by atoms with van der Waals surface area (Å²) in [5, 5.41) is 6.24. The molecule has 3 rings (SSSR count). The van der Waals surface area contributed by atoms with Crippen LogP contribution in [0.2, 0.25) is 0 Å². The first-order chi connectivity index (χ1) is 14.0. The molecule has 29 heavy (non-hydrogen) atoms. The lowest BCUT2D eigenvalue weighted by molar-refractivity contribution is -0.134. The molecular formula is C21H31N5O3. The van der Waals surface area contributed by atoms with E-state index in [2.05, 4.69) is 27.8 Å². The lowest BCUT2D eigenvalue weighted by Crippen LogP contribution is -2.47. The number of carbonyl (C=O) groups excluding carboxylic acids is 3. The van der Waals surface area contributed by atoms with Crippen molar-refractivity contribution in [3.63, 3.8) is 0 Å². The Balaban J connectivity index is 1.36. The molecule has 0 radical (unpaired) electrons. The number of ketones is 1. The lowest BCUT2D eigenvalue weighted by Gasteiger charge is -2.24. The third-order valence-corrected chi connectivity index (χ3v) is 5.56. The molecule has 8 nitrogen and oxygen atoms in total. The standard InChI is InChI=1S/C21H31N5O3/c1-15(27)14-26-13-10-18(20(26)28)25(2)21(29)23-11-4-3-7-17-9-8-16-6-5-12-22-19(16)24-17/h8-9,18H,3-7,10-14H2,1-2H3,(H,22,24)(H,23,29)/t18-/m0/s1. The van der Waals surface area contributed by atoms with E-state index in [0.29, 0.717) is 19.5 Å². The predicted octanol–water partition coefficient (Wildman–Crippen LogP) is 1.59. The van der Waals surface area contributed by atoms with Crippen LogP contribution < -0.4 is 10.6 Å². The van der Waals surface area contributed by atoms with Gasteiger partial charge in [-0.2, -0.15) is 0 Å². The molecular weight excluding hydrogens is 370 g/mol. The minimum absolute atomic E-state index is 0.0460. The van der Waals surface area contributed by atoms with Crippen molar-refractivity contribution in [3.8, 4) is 0 Å². The van der Waals surface area contributed by atoms with E-state index < -0.39 is 6.04 Å². The van der Waals surface area contributed by atoms with Gasteiger partial charge in [-0.05, 0) is 57.1 Å². The maximum absolute atomic E-state index is 12.4. The molecule has 1 fully saturated rings. The fourth-order valence-electron chi connectivity index (χ4n) is 3.91. The summed E-state index contributed by atoms with van der Waals surface area (Å²) in [7, 11) is 1.64. The summed E-state index contributed by atoms with van der Waals surface area (Å²) in [5.41, 5.74) is 2.36. The highest BCUT2D eigenvalue weighted by Crippen LogP contribution is 2.20. The van der Waals surface area contributed by atoms with Gasteiger partial charge in [0, 0.05) is 32.4 Å². The summed E-state index contributed by atoms with van der Waals surface area (Å²) in [6.07, 6.45) is 5.47. The van der Waals surface area contributed by atoms with E-state index in [9.17, 15) is 14.4 Å². The van der Waals surface area contributed by atoms with Gasteiger partial charge in [0.15, 0.2) is 0 Å². The highest BCUT2D eigenvalue weighted by molar-refractivity contribution is 5.91. The quantitative estimate of drug-likeness (QED) is 0.645. The molecule has 2 N–H and O–H groups in total. The molecule has 0 spiro atoms. The number of carbonyl (C=O) groups is 3. The first kappa shape index (κ1) is 21.1. The number of aromatic nitrogens is 1. The van der Waals surface area contributed by atoms with Gasteiger partial charge in [-0.3, -0.25) is 9.59 Å². The minimum atomic E-state index is -0.485. The number of urea groups is 1. The Kier molecular flexibility index (Phi) is 7.06. The van der Waals surface area contributed by atoms with Crippen molar-refractivity contribution in [1.82, 2.24) is 20.1 Å². The number of rotatable bonds is 8. The Hall–Kier alpha value is -2.64. The van der Waals surface area contributed by atoms with Crippen LogP contribution in [0.5, 0.6) is 0 Å². The van der Waals surface area contributed by atoms with Crippen molar-refractivity contribution >= 4 is 23.5 Å². The van der Waals surface area contributed by atoms with Crippen LogP contribution in [0.4, 0.5) is 10.6 Å². The van der Waals surface area contributed by atoms with Crippen LogP contribution in [0, 0.1) is 0 Å². The van der Waals surface area contributed by atoms with Gasteiger partial charge in [-0.1, -0.05) is 6.07 Å². The molecule has 0 unspecified atom stereocenters. The second kappa shape index (κ2) is 9.71. The number of hydrogen-bond acceptors (Lipinski definition) is 5. The number of Topliss-reactive ketones (excluding diaryl/α,β-unsaturated/α-hetero) is 1. The zero-order valence-corrected chi connectivity index (χ0v) is 17.4. The van der Waals surface area contributed by atoms with Gasteiger partial charge in [-0.15, -0.1) is 0 Å². The minimum Gasteiger partial charge on any atom is -0.370 e. The topological polar surface area (TPSA) is 94.6 Å². The molecule has 1 saturated heterocycles. The Bertz CT molecular complexity index is 767. The molecule has 1 atom stereocenters. The van der Waals surface area contributed by atoms with E-state index in [1.54, 1.807) is 7.05 Å². The van der Waals surface area contributed by atoms with Crippen molar-refractivity contribution in [2.24, 2.45) is 0 Å². The fourth-order valence-corrected chi connectivity index (χ4v) is 3.91. The third-order valence-electron chi connectivity index (χ3n) is 5.56. The molecule has 1 aromatic heterocycles. The van der Waals surface area contributed by atoms with Crippen LogP contribution in [-0.2, 0) is 22.4 Å². The van der Waals surface area contributed by atoms with E-state index in [4.69, 9.17) is 0 Å². The zero-order valence-electron chi connectivity index (χ0n) is 17.4. The summed E-state index contributed by atoms with van der Waals surface area (Å²) >= 11 is 0.